The lowest BCUT2D eigenvalue weighted by Gasteiger charge is -2.39. The van der Waals surface area contributed by atoms with Crippen molar-refractivity contribution in [2.75, 3.05) is 13.2 Å². The molecule has 3 aliphatic heterocycles. The van der Waals surface area contributed by atoms with Gasteiger partial charge in [-0.15, -0.1) is 0 Å². The summed E-state index contributed by atoms with van der Waals surface area (Å²) in [5.74, 6) is -2.71. The number of nitrogens with one attached hydrogen (secondary N) is 1. The lowest BCUT2D eigenvalue weighted by Crippen LogP contribution is -2.60. The zero-order chi connectivity index (χ0) is 24.0. The summed E-state index contributed by atoms with van der Waals surface area (Å²) < 4.78 is 12.0. The third-order valence-electron chi connectivity index (χ3n) is 7.97. The summed E-state index contributed by atoms with van der Waals surface area (Å²) in [6.07, 6.45) is 2.24. The molecule has 4 unspecified atom stereocenters. The molecule has 0 saturated carbocycles. The Hall–Kier alpha value is -1.67. The van der Waals surface area contributed by atoms with Crippen LogP contribution < -0.4 is 5.32 Å². The van der Waals surface area contributed by atoms with E-state index < -0.39 is 41.1 Å². The predicted molar refractivity (Wildman–Crippen MR) is 118 cm³/mol. The van der Waals surface area contributed by atoms with Crippen LogP contribution in [0.25, 0.3) is 0 Å². The first-order chi connectivity index (χ1) is 15.0. The second-order valence-corrected chi connectivity index (χ2v) is 10.4. The minimum absolute atomic E-state index is 0.0316. The molecule has 3 fully saturated rings. The Morgan fingerprint density at radius 2 is 1.97 bits per heavy atom. The number of esters is 1. The maximum Gasteiger partial charge on any atom is 0.312 e. The lowest BCUT2D eigenvalue weighted by molar-refractivity contribution is -0.162. The minimum atomic E-state index is -1.11. The summed E-state index contributed by atoms with van der Waals surface area (Å²) in [5, 5.41) is 13.2. The Labute approximate surface area is 191 Å². The van der Waals surface area contributed by atoms with Crippen molar-refractivity contribution < 1.29 is 29.0 Å². The molecule has 3 aliphatic rings. The maximum absolute atomic E-state index is 13.9. The van der Waals surface area contributed by atoms with E-state index in [-0.39, 0.29) is 42.9 Å². The summed E-state index contributed by atoms with van der Waals surface area (Å²) in [6, 6.07) is -1.50. The minimum Gasteiger partial charge on any atom is -0.466 e. The molecular weight excluding hydrogens is 412 g/mol. The smallest absolute Gasteiger partial charge is 0.312 e. The van der Waals surface area contributed by atoms with Gasteiger partial charge in [-0.3, -0.25) is 14.4 Å². The number of hydrogen-bond acceptors (Lipinski definition) is 6. The van der Waals surface area contributed by atoms with E-state index in [1.807, 2.05) is 34.6 Å². The SMILES string of the molecule is CCCC(C)NC(=O)C1N([C@@H](CO)C(C)C)C(=O)[C@@H]2[C@@H](C(=O)OCC)[C@]3(C)OC12CC3C. The first-order valence-electron chi connectivity index (χ1n) is 12.1. The molecule has 2 N–H and O–H groups in total. The number of aliphatic hydroxyl groups is 1. The van der Waals surface area contributed by atoms with Crippen LogP contribution in [-0.2, 0) is 23.9 Å². The first-order valence-corrected chi connectivity index (χ1v) is 12.1. The third kappa shape index (κ3) is 3.54. The number of likely N-dealkylation sites (tertiary alicyclic amines) is 1. The van der Waals surface area contributed by atoms with Crippen molar-refractivity contribution in [1.29, 1.82) is 0 Å². The number of rotatable bonds is 9. The van der Waals surface area contributed by atoms with Crippen molar-refractivity contribution >= 4 is 17.8 Å². The standard InChI is InChI=1S/C24H40N2O6/c1-8-10-15(6)25-20(28)19-24-11-14(5)23(7,32-24)18(22(30)31-9-2)17(24)21(29)26(19)16(12-27)13(3)4/h13-19,27H,8-12H2,1-7H3,(H,25,28)/t14?,15?,16-,17-,18-,19?,23+,24?/m0/s1. The van der Waals surface area contributed by atoms with Crippen LogP contribution in [0.1, 0.15) is 67.7 Å². The van der Waals surface area contributed by atoms with E-state index in [9.17, 15) is 19.5 Å². The summed E-state index contributed by atoms with van der Waals surface area (Å²) in [6.45, 7) is 13.4. The van der Waals surface area contributed by atoms with Gasteiger partial charge in [-0.05, 0) is 45.4 Å². The monoisotopic (exact) mass is 452 g/mol. The number of carbonyl (C=O) groups excluding carboxylic acids is 3. The Kier molecular flexibility index (Phi) is 6.97. The first kappa shape index (κ1) is 25.0. The van der Waals surface area contributed by atoms with Crippen molar-refractivity contribution in [2.24, 2.45) is 23.7 Å². The van der Waals surface area contributed by atoms with Crippen molar-refractivity contribution in [3.05, 3.63) is 0 Å². The van der Waals surface area contributed by atoms with E-state index in [1.165, 1.54) is 4.90 Å². The summed E-state index contributed by atoms with van der Waals surface area (Å²) in [5.41, 5.74) is -1.99. The molecular formula is C24H40N2O6. The second kappa shape index (κ2) is 8.93. The highest BCUT2D eigenvalue weighted by molar-refractivity contribution is 5.98. The fourth-order valence-electron chi connectivity index (χ4n) is 6.37. The van der Waals surface area contributed by atoms with Gasteiger partial charge in [-0.1, -0.05) is 34.1 Å². The fourth-order valence-corrected chi connectivity index (χ4v) is 6.37. The lowest BCUT2D eigenvalue weighted by atomic mass is 9.62. The number of amides is 2. The van der Waals surface area contributed by atoms with Crippen LogP contribution in [0.3, 0.4) is 0 Å². The van der Waals surface area contributed by atoms with Gasteiger partial charge in [-0.25, -0.2) is 0 Å². The summed E-state index contributed by atoms with van der Waals surface area (Å²) in [7, 11) is 0. The molecule has 1 spiro atoms. The van der Waals surface area contributed by atoms with Gasteiger partial charge in [0, 0.05) is 6.04 Å². The highest BCUT2D eigenvalue weighted by atomic mass is 16.6. The van der Waals surface area contributed by atoms with E-state index in [1.54, 1.807) is 6.92 Å². The van der Waals surface area contributed by atoms with Gasteiger partial charge in [-0.2, -0.15) is 0 Å². The van der Waals surface area contributed by atoms with Gasteiger partial charge in [0.15, 0.2) is 0 Å². The molecule has 0 aromatic heterocycles. The average molecular weight is 453 g/mol. The Morgan fingerprint density at radius 3 is 2.50 bits per heavy atom. The van der Waals surface area contributed by atoms with Crippen LogP contribution in [0, 0.1) is 23.7 Å². The molecule has 8 nitrogen and oxygen atoms in total. The van der Waals surface area contributed by atoms with E-state index >= 15 is 0 Å². The second-order valence-electron chi connectivity index (χ2n) is 10.4. The van der Waals surface area contributed by atoms with Gasteiger partial charge >= 0.3 is 5.97 Å². The van der Waals surface area contributed by atoms with Crippen LogP contribution in [-0.4, -0.2) is 70.3 Å². The Morgan fingerprint density at radius 1 is 1.31 bits per heavy atom. The molecule has 2 bridgehead atoms. The van der Waals surface area contributed by atoms with Crippen LogP contribution in [0.2, 0.25) is 0 Å². The van der Waals surface area contributed by atoms with Crippen molar-refractivity contribution in [2.45, 2.75) is 97.1 Å². The highest BCUT2D eigenvalue weighted by Gasteiger charge is 2.80. The van der Waals surface area contributed by atoms with E-state index in [0.29, 0.717) is 6.42 Å². The van der Waals surface area contributed by atoms with Gasteiger partial charge in [0.1, 0.15) is 17.6 Å². The van der Waals surface area contributed by atoms with Gasteiger partial charge in [0.2, 0.25) is 11.8 Å². The molecule has 0 aromatic carbocycles. The molecule has 0 radical (unpaired) electrons. The molecule has 8 heteroatoms. The normalized spacial score (nSPS) is 37.5. The Bertz CT molecular complexity index is 757. The van der Waals surface area contributed by atoms with Crippen LogP contribution >= 0.6 is 0 Å². The molecule has 0 aliphatic carbocycles. The van der Waals surface area contributed by atoms with Crippen molar-refractivity contribution in [3.63, 3.8) is 0 Å². The molecule has 3 heterocycles. The van der Waals surface area contributed by atoms with Gasteiger partial charge < -0.3 is 24.8 Å². The van der Waals surface area contributed by atoms with Gasteiger partial charge in [0.25, 0.3) is 0 Å². The highest BCUT2D eigenvalue weighted by Crippen LogP contribution is 2.65. The summed E-state index contributed by atoms with van der Waals surface area (Å²) in [4.78, 5) is 42.2. The zero-order valence-electron chi connectivity index (χ0n) is 20.5. The molecule has 0 aromatic rings. The van der Waals surface area contributed by atoms with Crippen molar-refractivity contribution in [3.8, 4) is 0 Å². The quantitative estimate of drug-likeness (QED) is 0.518. The number of fused-ring (bicyclic) bond motifs is 1. The topological polar surface area (TPSA) is 105 Å². The zero-order valence-corrected chi connectivity index (χ0v) is 20.5. The predicted octanol–water partition coefficient (Wildman–Crippen LogP) is 1.88. The number of nitrogens with zero attached hydrogens (tertiary/aromatic N) is 1. The number of hydrogen-bond donors (Lipinski definition) is 2. The molecule has 2 amide bonds. The average Bonchev–Trinajstić information content (AvgIpc) is 3.20. The van der Waals surface area contributed by atoms with E-state index in [4.69, 9.17) is 9.47 Å². The van der Waals surface area contributed by atoms with E-state index in [0.717, 1.165) is 12.8 Å². The van der Waals surface area contributed by atoms with Crippen molar-refractivity contribution in [1.82, 2.24) is 10.2 Å². The number of aliphatic hydroxyl groups excluding tert-OH is 1. The van der Waals surface area contributed by atoms with Gasteiger partial charge in [0.05, 0.1) is 30.8 Å². The molecule has 3 saturated heterocycles. The molecule has 32 heavy (non-hydrogen) atoms. The molecule has 8 atom stereocenters. The van der Waals surface area contributed by atoms with Crippen LogP contribution in [0.5, 0.6) is 0 Å². The Balaban J connectivity index is 2.11. The number of carbonyl (C=O) groups is 3. The maximum atomic E-state index is 13.9. The molecule has 3 rings (SSSR count). The van der Waals surface area contributed by atoms with Crippen LogP contribution in [0.15, 0.2) is 0 Å². The number of ether oxygens (including phenoxy) is 2. The van der Waals surface area contributed by atoms with Crippen LogP contribution in [0.4, 0.5) is 0 Å². The van der Waals surface area contributed by atoms with E-state index in [2.05, 4.69) is 12.2 Å². The third-order valence-corrected chi connectivity index (χ3v) is 7.97. The largest absolute Gasteiger partial charge is 0.466 e. The summed E-state index contributed by atoms with van der Waals surface area (Å²) >= 11 is 0. The molecule has 182 valence electrons. The fraction of sp³-hybridized carbons (Fsp3) is 0.875.